The smallest absolute Gasteiger partial charge is 0.350 e. The van der Waals surface area contributed by atoms with Gasteiger partial charge >= 0.3 is 51.4 Å². The second kappa shape index (κ2) is 9.72. The first-order valence-corrected chi connectivity index (χ1v) is 5.19. The molecule has 1 rings (SSSR count). The molecule has 0 radical (unpaired) electrons. The molecule has 0 saturated carbocycles. The van der Waals surface area contributed by atoms with Crippen LogP contribution in [0.1, 0.15) is 11.1 Å². The van der Waals surface area contributed by atoms with E-state index in [1.54, 1.807) is 6.92 Å². The van der Waals surface area contributed by atoms with Crippen LogP contribution in [0.3, 0.4) is 0 Å². The van der Waals surface area contributed by atoms with Gasteiger partial charge in [0.2, 0.25) is 0 Å². The van der Waals surface area contributed by atoms with Crippen LogP contribution in [0.4, 0.5) is 13.2 Å². The molecule has 0 aliphatic carbocycles. The van der Waals surface area contributed by atoms with Crippen LogP contribution in [0.5, 0.6) is 0 Å². The van der Waals surface area contributed by atoms with E-state index in [1.165, 1.54) is 17.5 Å². The second-order valence-corrected chi connectivity index (χ2v) is 3.62. The first-order chi connectivity index (χ1) is 7.27. The summed E-state index contributed by atoms with van der Waals surface area (Å²) in [5.74, 6) is 0. The van der Waals surface area contributed by atoms with Crippen molar-refractivity contribution in [2.75, 3.05) is 0 Å². The number of nitrogens with two attached hydrogens (primary N) is 1. The van der Waals surface area contributed by atoms with Crippen LogP contribution in [0, 0.1) is 20.8 Å². The SMILES string of the molecule is [CH2-]C(F)(F)F.[CH2-]Cc1ccc(SN)cc1[CH2-].[K+]. The van der Waals surface area contributed by atoms with Crippen LogP contribution in [-0.2, 0) is 6.42 Å². The van der Waals surface area contributed by atoms with Gasteiger partial charge in [0.25, 0.3) is 6.18 Å². The fourth-order valence-corrected chi connectivity index (χ4v) is 1.28. The van der Waals surface area contributed by atoms with Gasteiger partial charge in [0.15, 0.2) is 0 Å². The summed E-state index contributed by atoms with van der Waals surface area (Å²) in [4.78, 5) is 1.05. The summed E-state index contributed by atoms with van der Waals surface area (Å²) in [6, 6.07) is 5.98. The van der Waals surface area contributed by atoms with Crippen molar-refractivity contribution in [1.29, 1.82) is 0 Å². The van der Waals surface area contributed by atoms with E-state index in [4.69, 9.17) is 5.14 Å². The maximum absolute atomic E-state index is 10.2. The summed E-state index contributed by atoms with van der Waals surface area (Å²) >= 11 is 1.24. The van der Waals surface area contributed by atoms with Crippen molar-refractivity contribution in [2.24, 2.45) is 5.14 Å². The van der Waals surface area contributed by atoms with Gasteiger partial charge in [0, 0.05) is 0 Å². The van der Waals surface area contributed by atoms with E-state index < -0.39 is 6.18 Å². The Morgan fingerprint density at radius 3 is 2.06 bits per heavy atom. The molecule has 0 aromatic heterocycles. The van der Waals surface area contributed by atoms with Crippen LogP contribution in [-0.4, -0.2) is 6.18 Å². The molecule has 0 spiro atoms. The molecule has 0 atom stereocenters. The number of hydrogen-bond acceptors (Lipinski definition) is 2. The predicted octanol–water partition coefficient (Wildman–Crippen LogP) is 0.598. The number of alkyl halides is 3. The standard InChI is InChI=1S/C9H11NS.C2H2F3.K/c1-3-8-4-5-9(11-10)6-7(8)2;1-2(3,4)5;/h4-6H,1-3,10H2;1H2;/q-2;-1;+1. The summed E-state index contributed by atoms with van der Waals surface area (Å²) in [5, 5.41) is 5.38. The number of benzene rings is 1. The van der Waals surface area contributed by atoms with Gasteiger partial charge in [-0.2, -0.15) is 18.1 Å². The summed E-state index contributed by atoms with van der Waals surface area (Å²) in [6.45, 7) is 9.46. The molecule has 0 aliphatic heterocycles. The maximum Gasteiger partial charge on any atom is 1.00 e. The summed E-state index contributed by atoms with van der Waals surface area (Å²) in [7, 11) is 0. The molecule has 0 bridgehead atoms. The van der Waals surface area contributed by atoms with Gasteiger partial charge in [-0.05, 0) is 4.90 Å². The van der Waals surface area contributed by atoms with Crippen molar-refractivity contribution in [3.8, 4) is 0 Å². The molecular weight excluding hydrogens is 274 g/mol. The third-order valence-corrected chi connectivity index (χ3v) is 2.11. The fourth-order valence-electron chi connectivity index (χ4n) is 0.919. The van der Waals surface area contributed by atoms with Crippen LogP contribution >= 0.6 is 11.9 Å². The van der Waals surface area contributed by atoms with Crippen LogP contribution in [0.25, 0.3) is 0 Å². The minimum Gasteiger partial charge on any atom is -0.350 e. The van der Waals surface area contributed by atoms with Gasteiger partial charge in [-0.1, -0.05) is 18.0 Å². The minimum absolute atomic E-state index is 0. The molecule has 1 aromatic rings. The Hall–Kier alpha value is 0.826. The van der Waals surface area contributed by atoms with E-state index in [1.807, 2.05) is 18.2 Å². The van der Waals surface area contributed by atoms with Crippen molar-refractivity contribution in [3.05, 3.63) is 50.1 Å². The topological polar surface area (TPSA) is 26.0 Å². The van der Waals surface area contributed by atoms with Gasteiger partial charge in [0.05, 0.1) is 0 Å². The van der Waals surface area contributed by atoms with Crippen molar-refractivity contribution in [1.82, 2.24) is 0 Å². The number of halogens is 3. The van der Waals surface area contributed by atoms with Crippen LogP contribution < -0.4 is 56.5 Å². The zero-order valence-corrected chi connectivity index (χ0v) is 13.6. The normalized spacial score (nSPS) is 10.0. The van der Waals surface area contributed by atoms with Gasteiger partial charge in [-0.15, -0.1) is 12.1 Å². The Balaban J connectivity index is 0. The summed E-state index contributed by atoms with van der Waals surface area (Å²) < 4.78 is 30.7. The van der Waals surface area contributed by atoms with E-state index in [0.29, 0.717) is 0 Å². The largest absolute Gasteiger partial charge is 1.00 e. The van der Waals surface area contributed by atoms with Gasteiger partial charge in [0.1, 0.15) is 0 Å². The summed E-state index contributed by atoms with van der Waals surface area (Å²) in [6.07, 6.45) is -3.46. The number of hydrogen-bond donors (Lipinski definition) is 1. The van der Waals surface area contributed by atoms with Crippen molar-refractivity contribution in [3.63, 3.8) is 0 Å². The Labute approximate surface area is 147 Å². The fraction of sp³-hybridized carbons (Fsp3) is 0.182. The molecule has 0 saturated heterocycles. The molecule has 0 unspecified atom stereocenters. The van der Waals surface area contributed by atoms with E-state index in [2.05, 4.69) is 13.8 Å². The van der Waals surface area contributed by atoms with Crippen molar-refractivity contribution in [2.45, 2.75) is 17.5 Å². The molecule has 92 valence electrons. The maximum atomic E-state index is 10.2. The Bertz CT molecular complexity index is 323. The van der Waals surface area contributed by atoms with E-state index in [-0.39, 0.29) is 51.4 Å². The van der Waals surface area contributed by atoms with Gasteiger partial charge in [-0.3, -0.25) is 5.14 Å². The Kier molecular flexibility index (Phi) is 11.5. The molecule has 0 fully saturated rings. The second-order valence-electron chi connectivity index (χ2n) is 2.91. The van der Waals surface area contributed by atoms with Gasteiger partial charge < -0.3 is 6.92 Å². The molecule has 0 aliphatic rings. The molecule has 17 heavy (non-hydrogen) atoms. The monoisotopic (exact) mass is 287 g/mol. The van der Waals surface area contributed by atoms with Crippen molar-refractivity contribution >= 4 is 11.9 Å². The third-order valence-electron chi connectivity index (χ3n) is 1.58. The molecule has 1 aromatic carbocycles. The van der Waals surface area contributed by atoms with E-state index >= 15 is 0 Å². The molecule has 6 heteroatoms. The first-order valence-electron chi connectivity index (χ1n) is 4.31. The first kappa shape index (κ1) is 20.2. The molecule has 0 amide bonds. The zero-order chi connectivity index (χ0) is 12.8. The quantitative estimate of drug-likeness (QED) is 0.490. The number of rotatable bonds is 2. The van der Waals surface area contributed by atoms with Gasteiger partial charge in [-0.25, -0.2) is 26.5 Å². The van der Waals surface area contributed by atoms with E-state index in [9.17, 15) is 13.2 Å². The predicted molar refractivity (Wildman–Crippen MR) is 61.4 cm³/mol. The average molecular weight is 287 g/mol. The molecular formula is C11H13F3KNS-2. The van der Waals surface area contributed by atoms with Crippen LogP contribution in [0.2, 0.25) is 0 Å². The summed E-state index contributed by atoms with van der Waals surface area (Å²) in [5.41, 5.74) is 2.21. The zero-order valence-electron chi connectivity index (χ0n) is 9.68. The molecule has 2 N–H and O–H groups in total. The Morgan fingerprint density at radius 2 is 1.76 bits per heavy atom. The minimum atomic E-state index is -4.25. The molecule has 0 heterocycles. The van der Waals surface area contributed by atoms with Crippen molar-refractivity contribution < 1.29 is 64.6 Å². The third kappa shape index (κ3) is 11.6. The average Bonchev–Trinajstić information content (AvgIpc) is 2.15. The van der Waals surface area contributed by atoms with E-state index in [0.717, 1.165) is 16.9 Å². The molecule has 1 nitrogen and oxygen atoms in total. The Morgan fingerprint density at radius 1 is 1.29 bits per heavy atom. The van der Waals surface area contributed by atoms with Crippen LogP contribution in [0.15, 0.2) is 23.1 Å².